The average Bonchev–Trinajstić information content (AvgIpc) is 2.90. The molecule has 8 N–H and O–H groups in total. The smallest absolute Gasteiger partial charge is 0.217 e. The quantitative estimate of drug-likeness (QED) is 0.222. The van der Waals surface area contributed by atoms with Gasteiger partial charge in [0.2, 0.25) is 5.91 Å². The summed E-state index contributed by atoms with van der Waals surface area (Å²) >= 11 is 0. The van der Waals surface area contributed by atoms with Gasteiger partial charge < -0.3 is 50.5 Å². The molecule has 0 radical (unpaired) electrons. The molecule has 0 saturated carbocycles. The summed E-state index contributed by atoms with van der Waals surface area (Å²) in [6, 6.07) is -0.953. The Balaban J connectivity index is 2.21. The maximum atomic E-state index is 11.4. The van der Waals surface area contributed by atoms with Crippen molar-refractivity contribution in [2.24, 2.45) is 5.92 Å². The lowest BCUT2D eigenvalue weighted by molar-refractivity contribution is -0.234. The van der Waals surface area contributed by atoms with Crippen LogP contribution in [0.5, 0.6) is 0 Å². The third-order valence-corrected chi connectivity index (χ3v) is 4.92. The zero-order valence-electron chi connectivity index (χ0n) is 14.3. The average molecular weight is 381 g/mol. The molecule has 11 heteroatoms. The molecule has 2 rings (SSSR count). The molecule has 26 heavy (non-hydrogen) atoms. The Labute approximate surface area is 149 Å². The lowest BCUT2D eigenvalue weighted by Gasteiger charge is -2.42. The van der Waals surface area contributed by atoms with Crippen molar-refractivity contribution < 1.29 is 50.0 Å². The Bertz CT molecular complexity index is 477. The Kier molecular flexibility index (Phi) is 7.30. The second kappa shape index (κ2) is 8.87. The van der Waals surface area contributed by atoms with Gasteiger partial charge in [0.1, 0.15) is 30.5 Å². The normalized spacial score (nSPS) is 44.7. The van der Waals surface area contributed by atoms with Gasteiger partial charge in [-0.25, -0.2) is 0 Å². The third-order valence-electron chi connectivity index (χ3n) is 4.92. The first-order valence-corrected chi connectivity index (χ1v) is 8.41. The van der Waals surface area contributed by atoms with E-state index in [1.54, 1.807) is 0 Å². The van der Waals surface area contributed by atoms with Gasteiger partial charge in [0.05, 0.1) is 31.5 Å². The molecule has 0 aromatic heterocycles. The van der Waals surface area contributed by atoms with Gasteiger partial charge in [0, 0.05) is 12.8 Å². The molecule has 1 unspecified atom stereocenters. The predicted molar refractivity (Wildman–Crippen MR) is 83.5 cm³/mol. The molecule has 0 aliphatic carbocycles. The van der Waals surface area contributed by atoms with Crippen molar-refractivity contribution in [1.82, 2.24) is 5.32 Å². The minimum Gasteiger partial charge on any atom is -0.394 e. The molecule has 2 heterocycles. The molecular weight excluding hydrogens is 354 g/mol. The van der Waals surface area contributed by atoms with Crippen LogP contribution in [0, 0.1) is 5.92 Å². The van der Waals surface area contributed by atoms with E-state index >= 15 is 0 Å². The van der Waals surface area contributed by atoms with Crippen LogP contribution in [0.1, 0.15) is 13.3 Å². The fourth-order valence-corrected chi connectivity index (χ4v) is 3.58. The molecule has 152 valence electrons. The molecular formula is C15H27NO10. The topological polar surface area (TPSA) is 189 Å². The predicted octanol–water partition coefficient (Wildman–Crippen LogP) is -4.59. The van der Waals surface area contributed by atoms with Crippen molar-refractivity contribution in [2.75, 3.05) is 13.2 Å². The third kappa shape index (κ3) is 4.32. The Morgan fingerprint density at radius 2 is 1.65 bits per heavy atom. The molecule has 0 aromatic rings. The largest absolute Gasteiger partial charge is 0.394 e. The molecule has 0 aromatic carbocycles. The van der Waals surface area contributed by atoms with E-state index in [-0.39, 0.29) is 6.42 Å². The van der Waals surface area contributed by atoms with E-state index in [4.69, 9.17) is 9.47 Å². The van der Waals surface area contributed by atoms with Crippen molar-refractivity contribution in [1.29, 1.82) is 0 Å². The fraction of sp³-hybridized carbons (Fsp3) is 0.933. The van der Waals surface area contributed by atoms with Crippen molar-refractivity contribution in [2.45, 2.75) is 68.4 Å². The molecule has 10 atom stereocenters. The molecule has 11 nitrogen and oxygen atoms in total. The highest BCUT2D eigenvalue weighted by Crippen LogP contribution is 2.35. The summed E-state index contributed by atoms with van der Waals surface area (Å²) in [5.41, 5.74) is 0. The van der Waals surface area contributed by atoms with E-state index in [1.807, 2.05) is 0 Å². The van der Waals surface area contributed by atoms with Gasteiger partial charge >= 0.3 is 0 Å². The maximum Gasteiger partial charge on any atom is 0.217 e. The van der Waals surface area contributed by atoms with E-state index in [9.17, 15) is 40.5 Å². The number of aliphatic hydroxyl groups excluding tert-OH is 7. The second-order valence-electron chi connectivity index (χ2n) is 6.73. The van der Waals surface area contributed by atoms with Crippen LogP contribution in [0.4, 0.5) is 0 Å². The number of rotatable bonds is 6. The van der Waals surface area contributed by atoms with Crippen LogP contribution in [-0.2, 0) is 14.3 Å². The van der Waals surface area contributed by atoms with Crippen molar-refractivity contribution >= 4 is 5.91 Å². The van der Waals surface area contributed by atoms with E-state index in [0.29, 0.717) is 0 Å². The highest BCUT2D eigenvalue weighted by atomic mass is 16.6. The van der Waals surface area contributed by atoms with Gasteiger partial charge in [-0.05, 0) is 6.42 Å². The number of aliphatic hydroxyl groups is 7. The lowest BCUT2D eigenvalue weighted by Crippen LogP contribution is -2.59. The first-order chi connectivity index (χ1) is 12.2. The van der Waals surface area contributed by atoms with Crippen LogP contribution < -0.4 is 5.32 Å². The molecule has 1 amide bonds. The molecule has 0 bridgehead atoms. The van der Waals surface area contributed by atoms with Crippen molar-refractivity contribution in [3.8, 4) is 0 Å². The SMILES string of the molecule is CC(=O)N[C@@H]1C(O)O[C@@H]([C@H](O)CO)[C@@H]1C[C@H]1O[C@H](CO)[C@@H](O)[C@H](O)[C@@H]1O. The number of ether oxygens (including phenoxy) is 2. The summed E-state index contributed by atoms with van der Waals surface area (Å²) in [6.07, 6.45) is -10.8. The van der Waals surface area contributed by atoms with Crippen LogP contribution in [0.15, 0.2) is 0 Å². The van der Waals surface area contributed by atoms with E-state index in [1.165, 1.54) is 6.92 Å². The number of hydrogen-bond acceptors (Lipinski definition) is 10. The van der Waals surface area contributed by atoms with Crippen LogP contribution in [0.25, 0.3) is 0 Å². The lowest BCUT2D eigenvalue weighted by atomic mass is 9.83. The first-order valence-electron chi connectivity index (χ1n) is 8.41. The number of carbonyl (C=O) groups excluding carboxylic acids is 1. The fourth-order valence-electron chi connectivity index (χ4n) is 3.58. The standard InChI is InChI=1S/C15H27NO10/c1-5(19)16-10-6(14(7(20)3-17)26-15(10)24)2-8-11(21)13(23)12(22)9(4-18)25-8/h6-15,17-18,20-24H,2-4H2,1H3,(H,16,19)/t6-,7-,8-,9-,10+,11-,12-,13-,14-,15?/m1/s1. The van der Waals surface area contributed by atoms with Gasteiger partial charge in [-0.3, -0.25) is 4.79 Å². The maximum absolute atomic E-state index is 11.4. The number of carbonyl (C=O) groups is 1. The molecule has 2 saturated heterocycles. The van der Waals surface area contributed by atoms with E-state index in [2.05, 4.69) is 5.32 Å². The summed E-state index contributed by atoms with van der Waals surface area (Å²) < 4.78 is 10.7. The summed E-state index contributed by atoms with van der Waals surface area (Å²) in [6.45, 7) is -0.0220. The highest BCUT2D eigenvalue weighted by molar-refractivity contribution is 5.73. The van der Waals surface area contributed by atoms with Gasteiger partial charge in [-0.2, -0.15) is 0 Å². The zero-order chi connectivity index (χ0) is 19.6. The van der Waals surface area contributed by atoms with Crippen molar-refractivity contribution in [3.05, 3.63) is 0 Å². The number of nitrogens with one attached hydrogen (secondary N) is 1. The van der Waals surface area contributed by atoms with Crippen LogP contribution in [0.3, 0.4) is 0 Å². The molecule has 2 aliphatic heterocycles. The van der Waals surface area contributed by atoms with Gasteiger partial charge in [0.15, 0.2) is 6.29 Å². The summed E-state index contributed by atoms with van der Waals surface area (Å²) in [4.78, 5) is 11.4. The van der Waals surface area contributed by atoms with Gasteiger partial charge in [0.25, 0.3) is 0 Å². The van der Waals surface area contributed by atoms with E-state index < -0.39 is 80.1 Å². The number of hydrogen-bond donors (Lipinski definition) is 8. The summed E-state index contributed by atoms with van der Waals surface area (Å²) in [5.74, 6) is -1.24. The summed E-state index contributed by atoms with van der Waals surface area (Å²) in [7, 11) is 0. The zero-order valence-corrected chi connectivity index (χ0v) is 14.3. The Morgan fingerprint density at radius 3 is 2.19 bits per heavy atom. The summed E-state index contributed by atoms with van der Waals surface area (Å²) in [5, 5.41) is 70.9. The molecule has 2 fully saturated rings. The minimum absolute atomic E-state index is 0.0921. The monoisotopic (exact) mass is 381 g/mol. The van der Waals surface area contributed by atoms with Gasteiger partial charge in [-0.15, -0.1) is 0 Å². The molecule has 2 aliphatic rings. The highest BCUT2D eigenvalue weighted by Gasteiger charge is 2.51. The minimum atomic E-state index is -1.57. The van der Waals surface area contributed by atoms with E-state index in [0.717, 1.165) is 0 Å². The van der Waals surface area contributed by atoms with Gasteiger partial charge in [-0.1, -0.05) is 0 Å². The van der Waals surface area contributed by atoms with Crippen LogP contribution >= 0.6 is 0 Å². The van der Waals surface area contributed by atoms with Crippen molar-refractivity contribution in [3.63, 3.8) is 0 Å². The van der Waals surface area contributed by atoms with Crippen LogP contribution in [0.2, 0.25) is 0 Å². The Hall–Kier alpha value is -0.890. The second-order valence-corrected chi connectivity index (χ2v) is 6.73. The number of amides is 1. The Morgan fingerprint density at radius 1 is 1.04 bits per heavy atom. The molecule has 0 spiro atoms. The first kappa shape index (κ1) is 21.4. The van der Waals surface area contributed by atoms with Crippen LogP contribution in [-0.4, -0.2) is 110 Å².